The summed E-state index contributed by atoms with van der Waals surface area (Å²) in [6.07, 6.45) is 9.44. The molecular weight excluding hydrogens is 220 g/mol. The van der Waals surface area contributed by atoms with Gasteiger partial charge in [-0.25, -0.2) is 0 Å². The van der Waals surface area contributed by atoms with Crippen molar-refractivity contribution in [1.29, 1.82) is 0 Å². The first-order chi connectivity index (χ1) is 8.79. The highest BCUT2D eigenvalue weighted by Gasteiger charge is 2.15. The van der Waals surface area contributed by atoms with E-state index in [1.807, 2.05) is 0 Å². The molecule has 1 heterocycles. The van der Waals surface area contributed by atoms with Crippen LogP contribution >= 0.6 is 0 Å². The normalized spacial score (nSPS) is 16.8. The van der Waals surface area contributed by atoms with Crippen molar-refractivity contribution in [3.8, 4) is 0 Å². The molecule has 1 unspecified atom stereocenters. The molecule has 0 spiro atoms. The van der Waals surface area contributed by atoms with Crippen molar-refractivity contribution >= 4 is 10.9 Å². The van der Waals surface area contributed by atoms with Crippen molar-refractivity contribution in [3.63, 3.8) is 0 Å². The van der Waals surface area contributed by atoms with Gasteiger partial charge < -0.3 is 10.7 Å². The summed E-state index contributed by atoms with van der Waals surface area (Å²) in [5.41, 5.74) is 11.9. The van der Waals surface area contributed by atoms with Gasteiger partial charge in [-0.1, -0.05) is 13.3 Å². The summed E-state index contributed by atoms with van der Waals surface area (Å²) in [5.74, 6) is 0. The smallest absolute Gasteiger partial charge is 0.0460 e. The fourth-order valence-electron chi connectivity index (χ4n) is 3.15. The minimum absolute atomic E-state index is 0.172. The molecule has 1 aliphatic carbocycles. The highest BCUT2D eigenvalue weighted by molar-refractivity contribution is 5.85. The van der Waals surface area contributed by atoms with Gasteiger partial charge >= 0.3 is 0 Å². The lowest BCUT2D eigenvalue weighted by Crippen LogP contribution is -2.09. The summed E-state index contributed by atoms with van der Waals surface area (Å²) >= 11 is 0. The van der Waals surface area contributed by atoms with Crippen LogP contribution in [0.5, 0.6) is 0 Å². The maximum absolute atomic E-state index is 6.27. The van der Waals surface area contributed by atoms with Crippen LogP contribution in [0.3, 0.4) is 0 Å². The zero-order chi connectivity index (χ0) is 12.5. The standard InChI is InChI=1S/C16H22N2/c1-2-5-15(17)14-10-18-16-9-12-7-4-3-6-11(12)8-13(14)16/h8-10,15,18H,2-7,17H2,1H3. The van der Waals surface area contributed by atoms with Crippen molar-refractivity contribution in [2.24, 2.45) is 5.73 Å². The van der Waals surface area contributed by atoms with Gasteiger partial charge in [-0.05, 0) is 60.9 Å². The number of rotatable bonds is 3. The minimum atomic E-state index is 0.172. The van der Waals surface area contributed by atoms with E-state index in [2.05, 4.69) is 30.2 Å². The lowest BCUT2D eigenvalue weighted by molar-refractivity contribution is 0.642. The summed E-state index contributed by atoms with van der Waals surface area (Å²) < 4.78 is 0. The van der Waals surface area contributed by atoms with Crippen LogP contribution in [0.15, 0.2) is 18.3 Å². The molecule has 18 heavy (non-hydrogen) atoms. The van der Waals surface area contributed by atoms with Gasteiger partial charge in [-0.15, -0.1) is 0 Å². The molecule has 1 aliphatic rings. The summed E-state index contributed by atoms with van der Waals surface area (Å²) in [5, 5.41) is 1.34. The number of H-pyrrole nitrogens is 1. The number of nitrogens with two attached hydrogens (primary N) is 1. The molecule has 2 heteroatoms. The Bertz CT molecular complexity index is 553. The van der Waals surface area contributed by atoms with Gasteiger partial charge in [0.2, 0.25) is 0 Å². The molecule has 1 aromatic heterocycles. The molecule has 0 amide bonds. The van der Waals surface area contributed by atoms with E-state index >= 15 is 0 Å². The van der Waals surface area contributed by atoms with E-state index in [1.165, 1.54) is 47.7 Å². The number of aromatic amines is 1. The van der Waals surface area contributed by atoms with Gasteiger partial charge in [0.05, 0.1) is 0 Å². The quantitative estimate of drug-likeness (QED) is 0.843. The van der Waals surface area contributed by atoms with Gasteiger partial charge in [0.1, 0.15) is 0 Å². The van der Waals surface area contributed by atoms with Crippen molar-refractivity contribution < 1.29 is 0 Å². The van der Waals surface area contributed by atoms with Crippen LogP contribution in [-0.4, -0.2) is 4.98 Å². The van der Waals surface area contributed by atoms with E-state index in [4.69, 9.17) is 5.73 Å². The van der Waals surface area contributed by atoms with E-state index in [0.717, 1.165) is 12.8 Å². The van der Waals surface area contributed by atoms with Crippen LogP contribution in [0.1, 0.15) is 55.3 Å². The van der Waals surface area contributed by atoms with Gasteiger partial charge in [0.15, 0.2) is 0 Å². The maximum atomic E-state index is 6.27. The Balaban J connectivity index is 2.07. The molecule has 0 saturated heterocycles. The van der Waals surface area contributed by atoms with Gasteiger partial charge in [0.25, 0.3) is 0 Å². The summed E-state index contributed by atoms with van der Waals surface area (Å²) in [7, 11) is 0. The first-order valence-corrected chi connectivity index (χ1v) is 7.18. The van der Waals surface area contributed by atoms with Crippen LogP contribution in [0.25, 0.3) is 10.9 Å². The molecule has 0 bridgehead atoms. The Morgan fingerprint density at radius 1 is 1.22 bits per heavy atom. The zero-order valence-corrected chi connectivity index (χ0v) is 11.1. The SMILES string of the molecule is CCCC(N)c1c[nH]c2cc3c(cc12)CCCC3. The van der Waals surface area contributed by atoms with Crippen LogP contribution in [0.2, 0.25) is 0 Å². The third-order valence-electron chi connectivity index (χ3n) is 4.18. The second-order valence-corrected chi connectivity index (χ2v) is 5.51. The molecule has 1 aromatic carbocycles. The molecule has 1 atom stereocenters. The predicted molar refractivity (Wildman–Crippen MR) is 76.8 cm³/mol. The molecule has 96 valence electrons. The van der Waals surface area contributed by atoms with Gasteiger partial charge in [-0.3, -0.25) is 0 Å². The van der Waals surface area contributed by atoms with Crippen molar-refractivity contribution in [2.75, 3.05) is 0 Å². The second-order valence-electron chi connectivity index (χ2n) is 5.51. The molecule has 0 saturated carbocycles. The van der Waals surface area contributed by atoms with Crippen molar-refractivity contribution in [1.82, 2.24) is 4.98 Å². The molecule has 3 N–H and O–H groups in total. The Kier molecular flexibility index (Phi) is 3.13. The molecule has 0 fully saturated rings. The number of fused-ring (bicyclic) bond motifs is 2. The Morgan fingerprint density at radius 2 is 1.94 bits per heavy atom. The average Bonchev–Trinajstić information content (AvgIpc) is 2.79. The van der Waals surface area contributed by atoms with E-state index in [0.29, 0.717) is 0 Å². The minimum Gasteiger partial charge on any atom is -0.361 e. The second kappa shape index (κ2) is 4.77. The lowest BCUT2D eigenvalue weighted by Gasteiger charge is -2.16. The number of aromatic nitrogens is 1. The van der Waals surface area contributed by atoms with Crippen molar-refractivity contribution in [2.45, 2.75) is 51.5 Å². The summed E-state index contributed by atoms with van der Waals surface area (Å²) in [4.78, 5) is 3.40. The monoisotopic (exact) mass is 242 g/mol. The van der Waals surface area contributed by atoms with E-state index in [-0.39, 0.29) is 6.04 Å². The number of hydrogen-bond acceptors (Lipinski definition) is 1. The first-order valence-electron chi connectivity index (χ1n) is 7.18. The number of hydrogen-bond donors (Lipinski definition) is 2. The molecule has 0 radical (unpaired) electrons. The Labute approximate surface area is 109 Å². The van der Waals surface area contributed by atoms with E-state index < -0.39 is 0 Å². The third kappa shape index (κ3) is 1.95. The van der Waals surface area contributed by atoms with Crippen LogP contribution in [-0.2, 0) is 12.8 Å². The summed E-state index contributed by atoms with van der Waals surface area (Å²) in [6.45, 7) is 2.19. The molecule has 3 rings (SSSR count). The molecule has 2 aromatic rings. The van der Waals surface area contributed by atoms with Crippen molar-refractivity contribution in [3.05, 3.63) is 35.0 Å². The molecule has 0 aliphatic heterocycles. The average molecular weight is 242 g/mol. The van der Waals surface area contributed by atoms with E-state index in [9.17, 15) is 0 Å². The third-order valence-corrected chi connectivity index (χ3v) is 4.18. The fraction of sp³-hybridized carbons (Fsp3) is 0.500. The van der Waals surface area contributed by atoms with Crippen LogP contribution < -0.4 is 5.73 Å². The van der Waals surface area contributed by atoms with Gasteiger partial charge in [0, 0.05) is 23.1 Å². The van der Waals surface area contributed by atoms with Crippen LogP contribution in [0, 0.1) is 0 Å². The number of aryl methyl sites for hydroxylation is 2. The fourth-order valence-corrected chi connectivity index (χ4v) is 3.15. The number of benzene rings is 1. The highest BCUT2D eigenvalue weighted by atomic mass is 14.7. The molecular formula is C16H22N2. The lowest BCUT2D eigenvalue weighted by atomic mass is 9.89. The topological polar surface area (TPSA) is 41.8 Å². The molecule has 2 nitrogen and oxygen atoms in total. The van der Waals surface area contributed by atoms with Crippen LogP contribution in [0.4, 0.5) is 0 Å². The Hall–Kier alpha value is -1.28. The van der Waals surface area contributed by atoms with Gasteiger partial charge in [-0.2, -0.15) is 0 Å². The van der Waals surface area contributed by atoms with E-state index in [1.54, 1.807) is 5.56 Å². The first kappa shape index (κ1) is 11.8. The summed E-state index contributed by atoms with van der Waals surface area (Å²) in [6, 6.07) is 4.89. The number of nitrogens with one attached hydrogen (secondary N) is 1. The maximum Gasteiger partial charge on any atom is 0.0460 e. The Morgan fingerprint density at radius 3 is 2.67 bits per heavy atom. The largest absolute Gasteiger partial charge is 0.361 e. The highest BCUT2D eigenvalue weighted by Crippen LogP contribution is 2.31. The predicted octanol–water partition coefficient (Wildman–Crippen LogP) is 3.85. The zero-order valence-electron chi connectivity index (χ0n) is 11.1.